The summed E-state index contributed by atoms with van der Waals surface area (Å²) in [6, 6.07) is 3.80. The van der Waals surface area contributed by atoms with E-state index in [4.69, 9.17) is 9.52 Å². The minimum absolute atomic E-state index is 0.160. The number of halogens is 3. The number of amides is 1. The highest BCUT2D eigenvalue weighted by Crippen LogP contribution is 2.37. The van der Waals surface area contributed by atoms with Crippen molar-refractivity contribution in [1.82, 2.24) is 20.0 Å². The lowest BCUT2D eigenvalue weighted by atomic mass is 10.0. The summed E-state index contributed by atoms with van der Waals surface area (Å²) in [5, 5.41) is 16.0. The lowest BCUT2D eigenvalue weighted by molar-refractivity contribution is -0.137. The first-order chi connectivity index (χ1) is 11.8. The van der Waals surface area contributed by atoms with Crippen molar-refractivity contribution in [3.8, 4) is 11.5 Å². The monoisotopic (exact) mass is 356 g/mol. The molecule has 0 bridgehead atoms. The molecule has 1 aromatic heterocycles. The summed E-state index contributed by atoms with van der Waals surface area (Å²) < 4.78 is 44.5. The average Bonchev–Trinajstić information content (AvgIpc) is 3.08. The van der Waals surface area contributed by atoms with Crippen LogP contribution < -0.4 is 0 Å². The van der Waals surface area contributed by atoms with E-state index in [0.717, 1.165) is 12.5 Å². The number of carbonyl (C=O) groups is 1. The first-order valence-electron chi connectivity index (χ1n) is 7.51. The van der Waals surface area contributed by atoms with Gasteiger partial charge in [0.15, 0.2) is 0 Å². The maximum absolute atomic E-state index is 13.2. The zero-order valence-corrected chi connectivity index (χ0v) is 13.0. The Bertz CT molecular complexity index is 741. The molecule has 0 radical (unpaired) electrons. The molecule has 0 aliphatic carbocycles. The summed E-state index contributed by atoms with van der Waals surface area (Å²) in [6.45, 7) is 2.18. The molecule has 0 saturated carbocycles. The van der Waals surface area contributed by atoms with Crippen molar-refractivity contribution in [3.05, 3.63) is 35.7 Å². The molecule has 7 nitrogen and oxygen atoms in total. The van der Waals surface area contributed by atoms with Gasteiger partial charge in [0, 0.05) is 32.7 Å². The third-order valence-electron chi connectivity index (χ3n) is 4.03. The quantitative estimate of drug-likeness (QED) is 0.910. The van der Waals surface area contributed by atoms with E-state index in [1.54, 1.807) is 0 Å². The first-order valence-corrected chi connectivity index (χ1v) is 7.51. The van der Waals surface area contributed by atoms with Crippen LogP contribution in [0.5, 0.6) is 0 Å². The fraction of sp³-hybridized carbons (Fsp3) is 0.400. The first kappa shape index (κ1) is 17.2. The molecule has 0 spiro atoms. The van der Waals surface area contributed by atoms with E-state index in [2.05, 4.69) is 10.2 Å². The summed E-state index contributed by atoms with van der Waals surface area (Å²) in [4.78, 5) is 14.2. The minimum atomic E-state index is -4.53. The molecule has 1 fully saturated rings. The highest BCUT2D eigenvalue weighted by atomic mass is 19.4. The van der Waals surface area contributed by atoms with Crippen LogP contribution in [0, 0.1) is 0 Å². The van der Waals surface area contributed by atoms with E-state index in [0.29, 0.717) is 38.3 Å². The van der Waals surface area contributed by atoms with E-state index in [1.165, 1.54) is 17.0 Å². The van der Waals surface area contributed by atoms with Crippen LogP contribution in [0.4, 0.5) is 18.0 Å². The SMILES string of the molecule is O=C(O)N1CCN(Cc2ccc(C(F)(F)F)c(-c3nnco3)c2)CC1. The van der Waals surface area contributed by atoms with Gasteiger partial charge >= 0.3 is 12.3 Å². The Kier molecular flexibility index (Phi) is 4.62. The molecule has 10 heteroatoms. The molecule has 2 aromatic rings. The zero-order chi connectivity index (χ0) is 18.0. The number of piperazine rings is 1. The molecule has 1 aromatic carbocycles. The highest BCUT2D eigenvalue weighted by Gasteiger charge is 2.35. The van der Waals surface area contributed by atoms with E-state index in [9.17, 15) is 18.0 Å². The summed E-state index contributed by atoms with van der Waals surface area (Å²) in [5.41, 5.74) is -0.340. The van der Waals surface area contributed by atoms with Crippen molar-refractivity contribution in [3.63, 3.8) is 0 Å². The van der Waals surface area contributed by atoms with Crippen LogP contribution in [0.25, 0.3) is 11.5 Å². The van der Waals surface area contributed by atoms with Gasteiger partial charge in [-0.05, 0) is 17.7 Å². The van der Waals surface area contributed by atoms with E-state index in [-0.39, 0.29) is 11.5 Å². The molecule has 25 heavy (non-hydrogen) atoms. The molecule has 1 saturated heterocycles. The maximum atomic E-state index is 13.2. The van der Waals surface area contributed by atoms with Crippen LogP contribution in [0.2, 0.25) is 0 Å². The molecule has 2 heterocycles. The fourth-order valence-electron chi connectivity index (χ4n) is 2.76. The Hall–Kier alpha value is -2.62. The van der Waals surface area contributed by atoms with Crippen LogP contribution >= 0.6 is 0 Å². The number of aromatic nitrogens is 2. The summed E-state index contributed by atoms with van der Waals surface area (Å²) in [7, 11) is 0. The number of nitrogens with zero attached hydrogens (tertiary/aromatic N) is 4. The van der Waals surface area contributed by atoms with E-state index < -0.39 is 17.8 Å². The lowest BCUT2D eigenvalue weighted by Crippen LogP contribution is -2.47. The van der Waals surface area contributed by atoms with Gasteiger partial charge in [-0.2, -0.15) is 13.2 Å². The molecule has 0 unspecified atom stereocenters. The summed E-state index contributed by atoms with van der Waals surface area (Å²) in [6.07, 6.45) is -4.52. The summed E-state index contributed by atoms with van der Waals surface area (Å²) >= 11 is 0. The predicted octanol–water partition coefficient (Wildman–Crippen LogP) is 2.55. The summed E-state index contributed by atoms with van der Waals surface area (Å²) in [5.74, 6) is -0.190. The Balaban J connectivity index is 1.79. The second-order valence-electron chi connectivity index (χ2n) is 5.67. The van der Waals surface area contributed by atoms with Gasteiger partial charge in [-0.25, -0.2) is 4.79 Å². The molecule has 134 valence electrons. The predicted molar refractivity (Wildman–Crippen MR) is 79.6 cm³/mol. The Morgan fingerprint density at radius 3 is 2.52 bits per heavy atom. The zero-order valence-electron chi connectivity index (χ0n) is 13.0. The van der Waals surface area contributed by atoms with Crippen molar-refractivity contribution in [2.75, 3.05) is 26.2 Å². The van der Waals surface area contributed by atoms with Gasteiger partial charge < -0.3 is 14.4 Å². The largest absolute Gasteiger partial charge is 0.465 e. The average molecular weight is 356 g/mol. The van der Waals surface area contributed by atoms with Crippen molar-refractivity contribution in [1.29, 1.82) is 0 Å². The second kappa shape index (κ2) is 6.71. The molecule has 1 aliphatic heterocycles. The van der Waals surface area contributed by atoms with E-state index >= 15 is 0 Å². The van der Waals surface area contributed by atoms with Crippen LogP contribution in [-0.4, -0.2) is 57.4 Å². The number of carboxylic acid groups (broad SMARTS) is 1. The third kappa shape index (κ3) is 3.90. The van der Waals surface area contributed by atoms with Gasteiger partial charge in [0.25, 0.3) is 0 Å². The molecule has 1 amide bonds. The molecule has 3 rings (SSSR count). The smallest absolute Gasteiger partial charge is 0.417 e. The normalized spacial score (nSPS) is 16.2. The van der Waals surface area contributed by atoms with E-state index in [1.807, 2.05) is 4.90 Å². The van der Waals surface area contributed by atoms with Crippen molar-refractivity contribution in [2.24, 2.45) is 0 Å². The minimum Gasteiger partial charge on any atom is -0.465 e. The van der Waals surface area contributed by atoms with Gasteiger partial charge in [-0.3, -0.25) is 4.90 Å². The van der Waals surface area contributed by atoms with Gasteiger partial charge in [-0.15, -0.1) is 10.2 Å². The topological polar surface area (TPSA) is 82.7 Å². The van der Waals surface area contributed by atoms with Gasteiger partial charge in [-0.1, -0.05) is 6.07 Å². The molecule has 1 N–H and O–H groups in total. The second-order valence-corrected chi connectivity index (χ2v) is 5.67. The number of hydrogen-bond acceptors (Lipinski definition) is 5. The van der Waals surface area contributed by atoms with Crippen molar-refractivity contribution < 1.29 is 27.5 Å². The Morgan fingerprint density at radius 2 is 1.96 bits per heavy atom. The van der Waals surface area contributed by atoms with Gasteiger partial charge in [0.2, 0.25) is 12.3 Å². The third-order valence-corrected chi connectivity index (χ3v) is 4.03. The van der Waals surface area contributed by atoms with Gasteiger partial charge in [0.1, 0.15) is 0 Å². The highest BCUT2D eigenvalue weighted by molar-refractivity contribution is 5.65. The van der Waals surface area contributed by atoms with Crippen molar-refractivity contribution in [2.45, 2.75) is 12.7 Å². The number of alkyl halides is 3. The van der Waals surface area contributed by atoms with Crippen LogP contribution in [0.15, 0.2) is 29.0 Å². The van der Waals surface area contributed by atoms with Crippen molar-refractivity contribution >= 4 is 6.09 Å². The van der Waals surface area contributed by atoms with Crippen LogP contribution in [-0.2, 0) is 12.7 Å². The number of benzene rings is 1. The Labute approximate surface area is 140 Å². The maximum Gasteiger partial charge on any atom is 0.417 e. The molecule has 0 atom stereocenters. The van der Waals surface area contributed by atoms with Crippen LogP contribution in [0.1, 0.15) is 11.1 Å². The standard InChI is InChI=1S/C15H15F3N4O3/c16-15(17,18)12-2-1-10(7-11(12)13-20-19-9-25-13)8-21-3-5-22(6-4-21)14(23)24/h1-2,7,9H,3-6,8H2,(H,23,24). The van der Waals surface area contributed by atoms with Gasteiger partial charge in [0.05, 0.1) is 11.1 Å². The molecule has 1 aliphatic rings. The number of rotatable bonds is 3. The fourth-order valence-corrected chi connectivity index (χ4v) is 2.76. The molecular formula is C15H15F3N4O3. The number of hydrogen-bond donors (Lipinski definition) is 1. The lowest BCUT2D eigenvalue weighted by Gasteiger charge is -2.33. The van der Waals surface area contributed by atoms with Crippen LogP contribution in [0.3, 0.4) is 0 Å². The molecular weight excluding hydrogens is 341 g/mol. The Morgan fingerprint density at radius 1 is 1.24 bits per heavy atom.